The molecule has 0 fully saturated rings. The Labute approximate surface area is 116 Å². The Balaban J connectivity index is 1.70. The number of imidazole rings is 1. The molecule has 0 saturated carbocycles. The van der Waals surface area contributed by atoms with E-state index in [4.69, 9.17) is 4.42 Å². The number of benzene rings is 1. The predicted molar refractivity (Wildman–Crippen MR) is 75.0 cm³/mol. The van der Waals surface area contributed by atoms with E-state index in [0.29, 0.717) is 0 Å². The second kappa shape index (κ2) is 5.21. The van der Waals surface area contributed by atoms with E-state index in [2.05, 4.69) is 10.3 Å². The third kappa shape index (κ3) is 2.42. The Morgan fingerprint density at radius 2 is 2.20 bits per heavy atom. The molecule has 0 spiro atoms. The van der Waals surface area contributed by atoms with Crippen molar-refractivity contribution in [3.63, 3.8) is 0 Å². The van der Waals surface area contributed by atoms with Gasteiger partial charge in [0.05, 0.1) is 29.7 Å². The Kier molecular flexibility index (Phi) is 3.25. The number of amides is 1. The van der Waals surface area contributed by atoms with Crippen LogP contribution < -0.4 is 5.32 Å². The van der Waals surface area contributed by atoms with Crippen LogP contribution in [0.2, 0.25) is 0 Å². The predicted octanol–water partition coefficient (Wildman–Crippen LogP) is 2.51. The van der Waals surface area contributed by atoms with Crippen LogP contribution in [0, 0.1) is 0 Å². The molecule has 5 nitrogen and oxygen atoms in total. The number of hydrogen-bond donors (Lipinski definition) is 1. The summed E-state index contributed by atoms with van der Waals surface area (Å²) in [6, 6.07) is 11.2. The van der Waals surface area contributed by atoms with Crippen LogP contribution in [0.5, 0.6) is 0 Å². The SMILES string of the molecule is C[C@H](NC(=O)Cn1cnc2ccccc21)c1ccco1. The van der Waals surface area contributed by atoms with Gasteiger partial charge in [-0.05, 0) is 31.2 Å². The third-order valence-corrected chi connectivity index (χ3v) is 3.19. The first kappa shape index (κ1) is 12.5. The van der Waals surface area contributed by atoms with Gasteiger partial charge in [0, 0.05) is 0 Å². The molecule has 2 aromatic heterocycles. The number of hydrogen-bond acceptors (Lipinski definition) is 3. The quantitative estimate of drug-likeness (QED) is 0.791. The van der Waals surface area contributed by atoms with E-state index >= 15 is 0 Å². The standard InChI is InChI=1S/C15H15N3O2/c1-11(14-7-4-8-20-14)17-15(19)9-18-10-16-12-5-2-3-6-13(12)18/h2-8,10-11H,9H2,1H3,(H,17,19)/t11-/m0/s1. The number of nitrogens with zero attached hydrogens (tertiary/aromatic N) is 2. The Bertz CT molecular complexity index is 716. The highest BCUT2D eigenvalue weighted by atomic mass is 16.3. The van der Waals surface area contributed by atoms with E-state index in [0.717, 1.165) is 16.8 Å². The van der Waals surface area contributed by atoms with E-state index in [9.17, 15) is 4.79 Å². The molecule has 5 heteroatoms. The molecule has 102 valence electrons. The van der Waals surface area contributed by atoms with Gasteiger partial charge in [-0.15, -0.1) is 0 Å². The van der Waals surface area contributed by atoms with Gasteiger partial charge in [-0.25, -0.2) is 4.98 Å². The molecule has 2 heterocycles. The number of aromatic nitrogens is 2. The minimum Gasteiger partial charge on any atom is -0.467 e. The van der Waals surface area contributed by atoms with Crippen LogP contribution in [0.15, 0.2) is 53.4 Å². The van der Waals surface area contributed by atoms with Crippen LogP contribution in [-0.4, -0.2) is 15.5 Å². The van der Waals surface area contributed by atoms with Crippen molar-refractivity contribution in [2.45, 2.75) is 19.5 Å². The largest absolute Gasteiger partial charge is 0.467 e. The van der Waals surface area contributed by atoms with Crippen molar-refractivity contribution >= 4 is 16.9 Å². The van der Waals surface area contributed by atoms with Crippen LogP contribution in [0.3, 0.4) is 0 Å². The summed E-state index contributed by atoms with van der Waals surface area (Å²) < 4.78 is 7.10. The number of fused-ring (bicyclic) bond motifs is 1. The number of furan rings is 1. The van der Waals surface area contributed by atoms with E-state index in [-0.39, 0.29) is 18.5 Å². The minimum absolute atomic E-state index is 0.0722. The van der Waals surface area contributed by atoms with E-state index in [1.54, 1.807) is 18.7 Å². The average Bonchev–Trinajstić information content (AvgIpc) is 3.09. The average molecular weight is 269 g/mol. The number of carbonyl (C=O) groups is 1. The molecule has 0 bridgehead atoms. The zero-order valence-corrected chi connectivity index (χ0v) is 11.1. The molecule has 0 radical (unpaired) electrons. The molecule has 1 atom stereocenters. The third-order valence-electron chi connectivity index (χ3n) is 3.19. The first-order valence-corrected chi connectivity index (χ1v) is 6.46. The number of para-hydroxylation sites is 2. The fourth-order valence-corrected chi connectivity index (χ4v) is 2.19. The summed E-state index contributed by atoms with van der Waals surface area (Å²) in [6.07, 6.45) is 3.28. The van der Waals surface area contributed by atoms with Gasteiger partial charge in [0.15, 0.2) is 0 Å². The Hall–Kier alpha value is -2.56. The van der Waals surface area contributed by atoms with Gasteiger partial charge < -0.3 is 14.3 Å². The zero-order valence-electron chi connectivity index (χ0n) is 11.1. The summed E-state index contributed by atoms with van der Waals surface area (Å²) in [4.78, 5) is 16.3. The van der Waals surface area contributed by atoms with Crippen molar-refractivity contribution in [2.24, 2.45) is 0 Å². The van der Waals surface area contributed by atoms with Crippen LogP contribution in [0.4, 0.5) is 0 Å². The van der Waals surface area contributed by atoms with Crippen LogP contribution >= 0.6 is 0 Å². The monoisotopic (exact) mass is 269 g/mol. The molecule has 0 aliphatic carbocycles. The van der Waals surface area contributed by atoms with Gasteiger partial charge in [-0.3, -0.25) is 4.79 Å². The lowest BCUT2D eigenvalue weighted by molar-refractivity contribution is -0.122. The fraction of sp³-hybridized carbons (Fsp3) is 0.200. The molecule has 1 amide bonds. The minimum atomic E-state index is -0.146. The Morgan fingerprint density at radius 3 is 3.00 bits per heavy atom. The summed E-state index contributed by atoms with van der Waals surface area (Å²) in [5, 5.41) is 2.90. The van der Waals surface area contributed by atoms with Gasteiger partial charge >= 0.3 is 0 Å². The molecule has 3 rings (SSSR count). The molecule has 0 aliphatic heterocycles. The topological polar surface area (TPSA) is 60.1 Å². The van der Waals surface area contributed by atoms with Gasteiger partial charge in [0.25, 0.3) is 0 Å². The molecular weight excluding hydrogens is 254 g/mol. The van der Waals surface area contributed by atoms with Gasteiger partial charge in [-0.1, -0.05) is 12.1 Å². The summed E-state index contributed by atoms with van der Waals surface area (Å²) in [6.45, 7) is 2.13. The molecule has 0 saturated heterocycles. The number of nitrogens with one attached hydrogen (secondary N) is 1. The summed E-state index contributed by atoms with van der Waals surface area (Å²) in [5.41, 5.74) is 1.84. The fourth-order valence-electron chi connectivity index (χ4n) is 2.19. The first-order valence-electron chi connectivity index (χ1n) is 6.46. The van der Waals surface area contributed by atoms with E-state index in [1.165, 1.54) is 0 Å². The lowest BCUT2D eigenvalue weighted by atomic mass is 10.2. The summed E-state index contributed by atoms with van der Waals surface area (Å²) >= 11 is 0. The van der Waals surface area contributed by atoms with Crippen LogP contribution in [0.25, 0.3) is 11.0 Å². The molecule has 1 aromatic carbocycles. The van der Waals surface area contributed by atoms with Gasteiger partial charge in [0.2, 0.25) is 5.91 Å². The molecule has 3 aromatic rings. The zero-order chi connectivity index (χ0) is 13.9. The molecule has 20 heavy (non-hydrogen) atoms. The highest BCUT2D eigenvalue weighted by Crippen LogP contribution is 2.14. The summed E-state index contributed by atoms with van der Waals surface area (Å²) in [7, 11) is 0. The first-order chi connectivity index (χ1) is 9.74. The van der Waals surface area contributed by atoms with Gasteiger partial charge in [0.1, 0.15) is 12.3 Å². The summed E-state index contributed by atoms with van der Waals surface area (Å²) in [5.74, 6) is 0.672. The highest BCUT2D eigenvalue weighted by Gasteiger charge is 2.13. The van der Waals surface area contributed by atoms with E-state index < -0.39 is 0 Å². The molecule has 0 aliphatic rings. The van der Waals surface area contributed by atoms with Crippen molar-refractivity contribution in [3.05, 3.63) is 54.7 Å². The Morgan fingerprint density at radius 1 is 1.35 bits per heavy atom. The lowest BCUT2D eigenvalue weighted by Gasteiger charge is -2.12. The number of rotatable bonds is 4. The molecular formula is C15H15N3O2. The lowest BCUT2D eigenvalue weighted by Crippen LogP contribution is -2.29. The van der Waals surface area contributed by atoms with Crippen molar-refractivity contribution in [1.29, 1.82) is 0 Å². The second-order valence-electron chi connectivity index (χ2n) is 4.67. The maximum atomic E-state index is 12.1. The second-order valence-corrected chi connectivity index (χ2v) is 4.67. The highest BCUT2D eigenvalue weighted by molar-refractivity contribution is 5.80. The molecule has 1 N–H and O–H groups in total. The van der Waals surface area contributed by atoms with Crippen molar-refractivity contribution in [1.82, 2.24) is 14.9 Å². The van der Waals surface area contributed by atoms with Crippen LogP contribution in [-0.2, 0) is 11.3 Å². The van der Waals surface area contributed by atoms with Crippen molar-refractivity contribution < 1.29 is 9.21 Å². The van der Waals surface area contributed by atoms with E-state index in [1.807, 2.05) is 41.8 Å². The maximum absolute atomic E-state index is 12.1. The normalized spacial score (nSPS) is 12.4. The van der Waals surface area contributed by atoms with Crippen molar-refractivity contribution in [2.75, 3.05) is 0 Å². The molecule has 0 unspecified atom stereocenters. The van der Waals surface area contributed by atoms with Crippen molar-refractivity contribution in [3.8, 4) is 0 Å². The van der Waals surface area contributed by atoms with Gasteiger partial charge in [-0.2, -0.15) is 0 Å². The maximum Gasteiger partial charge on any atom is 0.240 e. The number of carbonyl (C=O) groups excluding carboxylic acids is 1. The van der Waals surface area contributed by atoms with Crippen LogP contribution in [0.1, 0.15) is 18.7 Å². The smallest absolute Gasteiger partial charge is 0.240 e.